The summed E-state index contributed by atoms with van der Waals surface area (Å²) in [5.74, 6) is 1.74. The van der Waals surface area contributed by atoms with E-state index in [9.17, 15) is 0 Å². The molecule has 0 saturated heterocycles. The molecule has 2 aliphatic rings. The van der Waals surface area contributed by atoms with Crippen LogP contribution in [0.4, 0.5) is 28.4 Å². The number of anilines is 5. The fraction of sp³-hybridized carbons (Fsp3) is 0. The molecule has 0 fully saturated rings. The molecule has 0 unspecified atom stereocenters. The standard InChI is InChI=1S/C28H18N2O/c1-2-10-19(11-3-1)30-23-14-4-5-15-25(23)31-28-24(30)17-16-22-27(28)20-12-6-8-18-9-7-13-21(29-22)26(18)20/h1-17,29H. The van der Waals surface area contributed by atoms with Crippen LogP contribution in [0.5, 0.6) is 11.5 Å². The van der Waals surface area contributed by atoms with Gasteiger partial charge in [-0.1, -0.05) is 60.7 Å². The second-order valence-corrected chi connectivity index (χ2v) is 7.91. The van der Waals surface area contributed by atoms with E-state index in [-0.39, 0.29) is 0 Å². The van der Waals surface area contributed by atoms with Crippen molar-refractivity contribution in [1.82, 2.24) is 0 Å². The molecule has 0 aliphatic carbocycles. The molecule has 0 aromatic heterocycles. The Balaban J connectivity index is 1.56. The van der Waals surface area contributed by atoms with Gasteiger partial charge in [-0.05, 0) is 53.4 Å². The molecule has 0 amide bonds. The minimum atomic E-state index is 0.860. The highest BCUT2D eigenvalue weighted by atomic mass is 16.5. The third kappa shape index (κ3) is 2.29. The molecule has 0 bridgehead atoms. The lowest BCUT2D eigenvalue weighted by Gasteiger charge is -2.35. The molecular formula is C28H18N2O. The average molecular weight is 398 g/mol. The third-order valence-corrected chi connectivity index (χ3v) is 6.15. The van der Waals surface area contributed by atoms with E-state index in [1.165, 1.54) is 16.3 Å². The number of ether oxygens (including phenoxy) is 1. The van der Waals surface area contributed by atoms with Gasteiger partial charge in [-0.25, -0.2) is 0 Å². The highest BCUT2D eigenvalue weighted by Gasteiger charge is 2.31. The van der Waals surface area contributed by atoms with E-state index in [0.717, 1.165) is 45.5 Å². The van der Waals surface area contributed by atoms with Crippen molar-refractivity contribution in [2.24, 2.45) is 0 Å². The van der Waals surface area contributed by atoms with Crippen LogP contribution in [-0.2, 0) is 0 Å². The van der Waals surface area contributed by atoms with Crippen LogP contribution < -0.4 is 15.0 Å². The minimum absolute atomic E-state index is 0.860. The Morgan fingerprint density at radius 2 is 1.42 bits per heavy atom. The summed E-state index contributed by atoms with van der Waals surface area (Å²) in [5.41, 5.74) is 7.71. The maximum absolute atomic E-state index is 6.59. The zero-order valence-electron chi connectivity index (χ0n) is 16.7. The zero-order valence-corrected chi connectivity index (χ0v) is 16.7. The second kappa shape index (κ2) is 6.13. The van der Waals surface area contributed by atoms with Gasteiger partial charge < -0.3 is 15.0 Å². The van der Waals surface area contributed by atoms with Crippen molar-refractivity contribution < 1.29 is 4.74 Å². The SMILES string of the molecule is c1ccc(N2c3ccccc3Oc3c2ccc2c3-c3cccc4cccc(c34)N2)cc1. The first kappa shape index (κ1) is 16.5. The van der Waals surface area contributed by atoms with Gasteiger partial charge in [0.15, 0.2) is 11.5 Å². The fourth-order valence-electron chi connectivity index (χ4n) is 4.84. The van der Waals surface area contributed by atoms with E-state index >= 15 is 0 Å². The van der Waals surface area contributed by atoms with Crippen LogP contribution in [0.25, 0.3) is 21.9 Å². The van der Waals surface area contributed by atoms with E-state index in [4.69, 9.17) is 4.74 Å². The summed E-state index contributed by atoms with van der Waals surface area (Å²) in [6.07, 6.45) is 0. The lowest BCUT2D eigenvalue weighted by Crippen LogP contribution is -2.17. The largest absolute Gasteiger partial charge is 0.452 e. The van der Waals surface area contributed by atoms with Gasteiger partial charge >= 0.3 is 0 Å². The summed E-state index contributed by atoms with van der Waals surface area (Å²) in [6.45, 7) is 0. The molecule has 0 radical (unpaired) electrons. The van der Waals surface area contributed by atoms with Crippen molar-refractivity contribution in [2.45, 2.75) is 0 Å². The summed E-state index contributed by atoms with van der Waals surface area (Å²) in [7, 11) is 0. The highest BCUT2D eigenvalue weighted by Crippen LogP contribution is 2.57. The Morgan fingerprint density at radius 1 is 0.613 bits per heavy atom. The average Bonchev–Trinajstić information content (AvgIpc) is 2.83. The highest BCUT2D eigenvalue weighted by molar-refractivity contribution is 6.13. The first-order chi connectivity index (χ1) is 15.4. The number of fused-ring (bicyclic) bond motifs is 5. The molecule has 5 aromatic rings. The van der Waals surface area contributed by atoms with Gasteiger partial charge in [-0.15, -0.1) is 0 Å². The topological polar surface area (TPSA) is 24.5 Å². The third-order valence-electron chi connectivity index (χ3n) is 6.15. The van der Waals surface area contributed by atoms with Gasteiger partial charge in [0.05, 0.1) is 22.6 Å². The summed E-state index contributed by atoms with van der Waals surface area (Å²) in [6, 6.07) is 35.9. The van der Waals surface area contributed by atoms with Gasteiger partial charge in [-0.2, -0.15) is 0 Å². The van der Waals surface area contributed by atoms with Crippen molar-refractivity contribution in [2.75, 3.05) is 10.2 Å². The lowest BCUT2D eigenvalue weighted by molar-refractivity contribution is 0.479. The molecule has 0 atom stereocenters. The molecule has 5 aromatic carbocycles. The Hall–Kier alpha value is -4.24. The minimum Gasteiger partial charge on any atom is -0.452 e. The number of rotatable bonds is 1. The van der Waals surface area contributed by atoms with Crippen molar-refractivity contribution in [3.8, 4) is 22.6 Å². The van der Waals surface area contributed by atoms with Crippen molar-refractivity contribution in [1.29, 1.82) is 0 Å². The Bertz CT molecular complexity index is 1490. The Kier molecular flexibility index (Phi) is 3.27. The summed E-state index contributed by atoms with van der Waals surface area (Å²) >= 11 is 0. The maximum Gasteiger partial charge on any atom is 0.161 e. The molecule has 146 valence electrons. The van der Waals surface area contributed by atoms with Crippen LogP contribution in [0.1, 0.15) is 0 Å². The molecule has 7 rings (SSSR count). The number of benzene rings is 5. The van der Waals surface area contributed by atoms with Gasteiger partial charge in [-0.3, -0.25) is 0 Å². The quantitative estimate of drug-likeness (QED) is 0.302. The van der Waals surface area contributed by atoms with E-state index in [2.05, 4.69) is 95.1 Å². The molecule has 1 N–H and O–H groups in total. The maximum atomic E-state index is 6.59. The van der Waals surface area contributed by atoms with Gasteiger partial charge in [0, 0.05) is 16.8 Å². The number of nitrogens with one attached hydrogen (secondary N) is 1. The lowest BCUT2D eigenvalue weighted by atomic mass is 9.91. The summed E-state index contributed by atoms with van der Waals surface area (Å²) < 4.78 is 6.59. The van der Waals surface area contributed by atoms with E-state index in [1.54, 1.807) is 0 Å². The van der Waals surface area contributed by atoms with E-state index < -0.39 is 0 Å². The number of nitrogens with zero attached hydrogens (tertiary/aromatic N) is 1. The predicted molar refractivity (Wildman–Crippen MR) is 127 cm³/mol. The summed E-state index contributed by atoms with van der Waals surface area (Å²) in [5, 5.41) is 6.09. The molecule has 0 spiro atoms. The number of hydrogen-bond donors (Lipinski definition) is 1. The first-order valence-corrected chi connectivity index (χ1v) is 10.5. The van der Waals surface area contributed by atoms with Crippen LogP contribution in [0.2, 0.25) is 0 Å². The predicted octanol–water partition coefficient (Wildman–Crippen LogP) is 8.14. The first-order valence-electron chi connectivity index (χ1n) is 10.5. The molecule has 2 aliphatic heterocycles. The monoisotopic (exact) mass is 398 g/mol. The van der Waals surface area contributed by atoms with E-state index in [0.29, 0.717) is 0 Å². The second-order valence-electron chi connectivity index (χ2n) is 7.91. The normalized spacial score (nSPS) is 13.0. The molecule has 0 saturated carbocycles. The summed E-state index contributed by atoms with van der Waals surface area (Å²) in [4.78, 5) is 2.29. The molecule has 3 heteroatoms. The molecule has 31 heavy (non-hydrogen) atoms. The van der Waals surface area contributed by atoms with Crippen molar-refractivity contribution >= 4 is 39.2 Å². The van der Waals surface area contributed by atoms with Crippen molar-refractivity contribution in [3.05, 3.63) is 103 Å². The fourth-order valence-corrected chi connectivity index (χ4v) is 4.84. The van der Waals surface area contributed by atoms with Crippen LogP contribution in [0, 0.1) is 0 Å². The van der Waals surface area contributed by atoms with Gasteiger partial charge in [0.25, 0.3) is 0 Å². The molecular weight excluding hydrogens is 380 g/mol. The number of hydrogen-bond acceptors (Lipinski definition) is 3. The number of para-hydroxylation sites is 3. The van der Waals surface area contributed by atoms with Gasteiger partial charge in [0.2, 0.25) is 0 Å². The van der Waals surface area contributed by atoms with Crippen LogP contribution in [0.3, 0.4) is 0 Å². The molecule has 2 heterocycles. The van der Waals surface area contributed by atoms with Crippen molar-refractivity contribution in [3.63, 3.8) is 0 Å². The smallest absolute Gasteiger partial charge is 0.161 e. The van der Waals surface area contributed by atoms with Gasteiger partial charge in [0.1, 0.15) is 0 Å². The van der Waals surface area contributed by atoms with Crippen LogP contribution in [-0.4, -0.2) is 0 Å². The van der Waals surface area contributed by atoms with Crippen LogP contribution >= 0.6 is 0 Å². The Morgan fingerprint density at radius 3 is 2.32 bits per heavy atom. The van der Waals surface area contributed by atoms with Crippen LogP contribution in [0.15, 0.2) is 103 Å². The Labute approximate surface area is 180 Å². The zero-order chi connectivity index (χ0) is 20.4. The molecule has 3 nitrogen and oxygen atoms in total. The van der Waals surface area contributed by atoms with E-state index in [1.807, 2.05) is 18.2 Å².